The van der Waals surface area contributed by atoms with E-state index in [1.165, 1.54) is 0 Å². The van der Waals surface area contributed by atoms with Gasteiger partial charge in [-0.2, -0.15) is 0 Å². The van der Waals surface area contributed by atoms with Gasteiger partial charge in [-0.05, 0) is 19.1 Å². The molecule has 7 nitrogen and oxygen atoms in total. The third kappa shape index (κ3) is 4.85. The molecule has 1 amide bonds. The summed E-state index contributed by atoms with van der Waals surface area (Å²) in [5.74, 6) is -0.404. The molecule has 23 heavy (non-hydrogen) atoms. The van der Waals surface area contributed by atoms with Gasteiger partial charge in [0.1, 0.15) is 19.0 Å². The van der Waals surface area contributed by atoms with Crippen LogP contribution in [0.15, 0.2) is 24.3 Å². The van der Waals surface area contributed by atoms with Crippen LogP contribution in [0.1, 0.15) is 6.92 Å². The van der Waals surface area contributed by atoms with Crippen LogP contribution in [-0.4, -0.2) is 67.9 Å². The van der Waals surface area contributed by atoms with Gasteiger partial charge >= 0.3 is 5.97 Å². The van der Waals surface area contributed by atoms with Gasteiger partial charge in [-0.1, -0.05) is 12.1 Å². The third-order valence-electron chi connectivity index (χ3n) is 3.59. The first-order valence-corrected chi connectivity index (χ1v) is 7.66. The van der Waals surface area contributed by atoms with Crippen LogP contribution in [0.2, 0.25) is 0 Å². The average molecular weight is 322 g/mol. The second-order valence-electron chi connectivity index (χ2n) is 5.16. The van der Waals surface area contributed by atoms with Gasteiger partial charge in [0, 0.05) is 26.2 Å². The van der Waals surface area contributed by atoms with Gasteiger partial charge in [0.15, 0.2) is 0 Å². The number of carboxylic acid groups (broad SMARTS) is 1. The maximum absolute atomic E-state index is 12.0. The van der Waals surface area contributed by atoms with Gasteiger partial charge in [-0.25, -0.2) is 4.79 Å². The molecular formula is C16H22N2O5. The number of nitrogens with zero attached hydrogens (tertiary/aromatic N) is 2. The Morgan fingerprint density at radius 1 is 1.13 bits per heavy atom. The average Bonchev–Trinajstić information content (AvgIpc) is 2.55. The third-order valence-corrected chi connectivity index (χ3v) is 3.59. The fourth-order valence-corrected chi connectivity index (χ4v) is 2.51. The summed E-state index contributed by atoms with van der Waals surface area (Å²) in [6.07, 6.45) is 0. The predicted octanol–water partition coefficient (Wildman–Crippen LogP) is 0.835. The van der Waals surface area contributed by atoms with E-state index in [0.717, 1.165) is 11.4 Å². The predicted molar refractivity (Wildman–Crippen MR) is 84.9 cm³/mol. The molecule has 126 valence electrons. The SMILES string of the molecule is CCOc1ccccc1N1CCN(C(=O)COCC(=O)O)CC1. The highest BCUT2D eigenvalue weighted by molar-refractivity contribution is 5.78. The number of amides is 1. The summed E-state index contributed by atoms with van der Waals surface area (Å²) in [7, 11) is 0. The highest BCUT2D eigenvalue weighted by Gasteiger charge is 2.23. The van der Waals surface area contributed by atoms with Crippen LogP contribution in [0.25, 0.3) is 0 Å². The Morgan fingerprint density at radius 2 is 1.83 bits per heavy atom. The van der Waals surface area contributed by atoms with Crippen molar-refractivity contribution in [2.45, 2.75) is 6.92 Å². The molecule has 1 aromatic carbocycles. The fraction of sp³-hybridized carbons (Fsp3) is 0.500. The first kappa shape index (κ1) is 17.1. The van der Waals surface area contributed by atoms with Gasteiger partial charge in [0.25, 0.3) is 0 Å². The van der Waals surface area contributed by atoms with Crippen molar-refractivity contribution in [1.82, 2.24) is 4.90 Å². The summed E-state index contributed by atoms with van der Waals surface area (Å²) in [6.45, 7) is 4.48. The highest BCUT2D eigenvalue weighted by Crippen LogP contribution is 2.28. The van der Waals surface area contributed by atoms with Crippen molar-refractivity contribution in [3.63, 3.8) is 0 Å². The smallest absolute Gasteiger partial charge is 0.329 e. The van der Waals surface area contributed by atoms with E-state index in [-0.39, 0.29) is 12.5 Å². The van der Waals surface area contributed by atoms with Crippen molar-refractivity contribution in [2.75, 3.05) is 50.9 Å². The molecule has 2 rings (SSSR count). The van der Waals surface area contributed by atoms with E-state index in [2.05, 4.69) is 4.90 Å². The van der Waals surface area contributed by atoms with E-state index in [0.29, 0.717) is 32.8 Å². The number of carbonyl (C=O) groups is 2. The van der Waals surface area contributed by atoms with E-state index in [1.807, 2.05) is 31.2 Å². The Hall–Kier alpha value is -2.28. The maximum atomic E-state index is 12.0. The van der Waals surface area contributed by atoms with Crippen molar-refractivity contribution in [3.05, 3.63) is 24.3 Å². The normalized spacial score (nSPS) is 14.7. The Balaban J connectivity index is 1.86. The van der Waals surface area contributed by atoms with Gasteiger partial charge in [-0.3, -0.25) is 4.79 Å². The molecule has 1 aliphatic rings. The quantitative estimate of drug-likeness (QED) is 0.801. The van der Waals surface area contributed by atoms with Crippen LogP contribution < -0.4 is 9.64 Å². The minimum Gasteiger partial charge on any atom is -0.492 e. The van der Waals surface area contributed by atoms with Gasteiger partial charge in [0.05, 0.1) is 12.3 Å². The first-order valence-electron chi connectivity index (χ1n) is 7.66. The fourth-order valence-electron chi connectivity index (χ4n) is 2.51. The van der Waals surface area contributed by atoms with Crippen molar-refractivity contribution in [2.24, 2.45) is 0 Å². The molecule has 0 aromatic heterocycles. The summed E-state index contributed by atoms with van der Waals surface area (Å²) >= 11 is 0. The highest BCUT2D eigenvalue weighted by atomic mass is 16.5. The monoisotopic (exact) mass is 322 g/mol. The summed E-state index contributed by atoms with van der Waals surface area (Å²) in [5, 5.41) is 8.50. The van der Waals surface area contributed by atoms with Crippen molar-refractivity contribution < 1.29 is 24.2 Å². The number of benzene rings is 1. The number of ether oxygens (including phenoxy) is 2. The zero-order valence-electron chi connectivity index (χ0n) is 13.2. The molecule has 1 fully saturated rings. The number of para-hydroxylation sites is 2. The van der Waals surface area contributed by atoms with E-state index >= 15 is 0 Å². The van der Waals surface area contributed by atoms with Gasteiger partial charge < -0.3 is 24.4 Å². The second-order valence-corrected chi connectivity index (χ2v) is 5.16. The number of anilines is 1. The molecule has 1 saturated heterocycles. The van der Waals surface area contributed by atoms with Gasteiger partial charge in [0.2, 0.25) is 5.91 Å². The lowest BCUT2D eigenvalue weighted by Gasteiger charge is -2.36. The number of rotatable bonds is 7. The van der Waals surface area contributed by atoms with Crippen molar-refractivity contribution in [3.8, 4) is 5.75 Å². The van der Waals surface area contributed by atoms with Crippen LogP contribution in [0, 0.1) is 0 Å². The largest absolute Gasteiger partial charge is 0.492 e. The second kappa shape index (κ2) is 8.38. The van der Waals surface area contributed by atoms with E-state index in [4.69, 9.17) is 14.6 Å². The number of hydrogen-bond acceptors (Lipinski definition) is 5. The summed E-state index contributed by atoms with van der Waals surface area (Å²) in [5.41, 5.74) is 1.03. The van der Waals surface area contributed by atoms with Crippen molar-refractivity contribution >= 4 is 17.6 Å². The Labute approximate surface area is 135 Å². The van der Waals surface area contributed by atoms with E-state index < -0.39 is 12.6 Å². The van der Waals surface area contributed by atoms with Gasteiger partial charge in [-0.15, -0.1) is 0 Å². The summed E-state index contributed by atoms with van der Waals surface area (Å²) in [6, 6.07) is 7.86. The van der Waals surface area contributed by atoms with Crippen LogP contribution in [0.3, 0.4) is 0 Å². The van der Waals surface area contributed by atoms with Crippen LogP contribution in [0.4, 0.5) is 5.69 Å². The molecule has 0 bridgehead atoms. The van der Waals surface area contributed by atoms with E-state index in [9.17, 15) is 9.59 Å². The minimum absolute atomic E-state index is 0.177. The molecule has 0 unspecified atom stereocenters. The van der Waals surface area contributed by atoms with Crippen LogP contribution >= 0.6 is 0 Å². The van der Waals surface area contributed by atoms with Crippen LogP contribution in [0.5, 0.6) is 5.75 Å². The van der Waals surface area contributed by atoms with Crippen molar-refractivity contribution in [1.29, 1.82) is 0 Å². The zero-order valence-corrected chi connectivity index (χ0v) is 13.2. The standard InChI is InChI=1S/C16H22N2O5/c1-2-23-14-6-4-3-5-13(14)17-7-9-18(10-8-17)15(19)11-22-12-16(20)21/h3-6H,2,7-12H2,1H3,(H,20,21). The molecule has 7 heteroatoms. The molecule has 1 aromatic rings. The Bertz CT molecular complexity index is 541. The molecule has 0 spiro atoms. The number of piperazine rings is 1. The van der Waals surface area contributed by atoms with Crippen LogP contribution in [-0.2, 0) is 14.3 Å². The minimum atomic E-state index is -1.07. The first-order chi connectivity index (χ1) is 11.1. The van der Waals surface area contributed by atoms with E-state index in [1.54, 1.807) is 4.90 Å². The lowest BCUT2D eigenvalue weighted by Crippen LogP contribution is -2.50. The lowest BCUT2D eigenvalue weighted by molar-refractivity contribution is -0.145. The molecule has 1 N–H and O–H groups in total. The number of hydrogen-bond donors (Lipinski definition) is 1. The number of carboxylic acids is 1. The molecule has 0 radical (unpaired) electrons. The number of carbonyl (C=O) groups excluding carboxylic acids is 1. The topological polar surface area (TPSA) is 79.3 Å². The molecule has 1 heterocycles. The zero-order chi connectivity index (χ0) is 16.7. The molecule has 0 atom stereocenters. The molecule has 0 aliphatic carbocycles. The number of aliphatic carboxylic acids is 1. The molecular weight excluding hydrogens is 300 g/mol. The summed E-state index contributed by atoms with van der Waals surface area (Å²) < 4.78 is 10.5. The summed E-state index contributed by atoms with van der Waals surface area (Å²) in [4.78, 5) is 26.2. The maximum Gasteiger partial charge on any atom is 0.329 e. The Morgan fingerprint density at radius 3 is 2.48 bits per heavy atom. The lowest BCUT2D eigenvalue weighted by atomic mass is 10.2. The molecule has 1 aliphatic heterocycles. The Kier molecular flexibility index (Phi) is 6.22. The molecule has 0 saturated carbocycles.